The van der Waals surface area contributed by atoms with Crippen molar-refractivity contribution in [2.45, 2.75) is 77.8 Å². The van der Waals surface area contributed by atoms with Gasteiger partial charge in [-0.25, -0.2) is 0 Å². The molecule has 26 heavy (non-hydrogen) atoms. The van der Waals surface area contributed by atoms with Crippen molar-refractivity contribution >= 4 is 35.1 Å². The number of unbranched alkanes of at least 4 members (excludes halogenated alkanes) is 5. The predicted molar refractivity (Wildman–Crippen MR) is 119 cm³/mol. The van der Waals surface area contributed by atoms with E-state index in [0.29, 0.717) is 12.2 Å². The Bertz CT molecular complexity index is 356. The SMILES string of the molecule is CCNC(CSCCCCCCCCSCC(NC)C(=O)CC)C(C)=O. The minimum Gasteiger partial charge on any atom is -0.310 e. The number of hydrogen-bond donors (Lipinski definition) is 2. The van der Waals surface area contributed by atoms with Gasteiger partial charge in [-0.1, -0.05) is 39.5 Å². The molecule has 0 bridgehead atoms. The van der Waals surface area contributed by atoms with Gasteiger partial charge in [0.15, 0.2) is 0 Å². The number of Topliss-reactive ketones (excluding diaryl/α,β-unsaturated/α-hetero) is 2. The molecule has 0 amide bonds. The number of hydrogen-bond acceptors (Lipinski definition) is 6. The van der Waals surface area contributed by atoms with Crippen molar-refractivity contribution in [1.82, 2.24) is 10.6 Å². The van der Waals surface area contributed by atoms with Crippen LogP contribution in [0.4, 0.5) is 0 Å². The summed E-state index contributed by atoms with van der Waals surface area (Å²) < 4.78 is 0. The van der Waals surface area contributed by atoms with Gasteiger partial charge in [0.25, 0.3) is 0 Å². The molecule has 0 saturated heterocycles. The maximum atomic E-state index is 11.7. The summed E-state index contributed by atoms with van der Waals surface area (Å²) in [7, 11) is 1.87. The van der Waals surface area contributed by atoms with Gasteiger partial charge in [0, 0.05) is 17.9 Å². The molecule has 2 unspecified atom stereocenters. The Balaban J connectivity index is 3.41. The van der Waals surface area contributed by atoms with Gasteiger partial charge in [-0.05, 0) is 44.9 Å². The molecule has 2 atom stereocenters. The van der Waals surface area contributed by atoms with E-state index in [2.05, 4.69) is 10.6 Å². The van der Waals surface area contributed by atoms with Gasteiger partial charge in [0.2, 0.25) is 0 Å². The van der Waals surface area contributed by atoms with Crippen molar-refractivity contribution in [3.63, 3.8) is 0 Å². The molecule has 0 aliphatic rings. The highest BCUT2D eigenvalue weighted by molar-refractivity contribution is 7.99. The van der Waals surface area contributed by atoms with Crippen LogP contribution in [0.3, 0.4) is 0 Å². The molecular weight excluding hydrogens is 364 g/mol. The third-order valence-electron chi connectivity index (χ3n) is 4.42. The van der Waals surface area contributed by atoms with E-state index in [1.807, 2.05) is 44.4 Å². The Hall–Kier alpha value is -0.0400. The maximum Gasteiger partial charge on any atom is 0.150 e. The zero-order chi connectivity index (χ0) is 19.6. The Morgan fingerprint density at radius 1 is 0.846 bits per heavy atom. The smallest absolute Gasteiger partial charge is 0.150 e. The molecule has 0 aliphatic heterocycles. The van der Waals surface area contributed by atoms with E-state index >= 15 is 0 Å². The van der Waals surface area contributed by atoms with Crippen LogP contribution in [0, 0.1) is 0 Å². The number of likely N-dealkylation sites (N-methyl/N-ethyl adjacent to an activating group) is 2. The summed E-state index contributed by atoms with van der Waals surface area (Å²) in [5, 5.41) is 6.36. The van der Waals surface area contributed by atoms with Crippen LogP contribution in [0.2, 0.25) is 0 Å². The van der Waals surface area contributed by atoms with E-state index < -0.39 is 0 Å². The number of thioether (sulfide) groups is 2. The average Bonchev–Trinajstić information content (AvgIpc) is 2.63. The second-order valence-electron chi connectivity index (χ2n) is 6.65. The van der Waals surface area contributed by atoms with Crippen molar-refractivity contribution in [1.29, 1.82) is 0 Å². The van der Waals surface area contributed by atoms with Crippen LogP contribution in [0.5, 0.6) is 0 Å². The van der Waals surface area contributed by atoms with Gasteiger partial charge < -0.3 is 10.6 Å². The first kappa shape index (κ1) is 26.0. The molecule has 0 radical (unpaired) electrons. The molecule has 4 nitrogen and oxygen atoms in total. The predicted octanol–water partition coefficient (Wildman–Crippen LogP) is 3.93. The summed E-state index contributed by atoms with van der Waals surface area (Å²) in [5.41, 5.74) is 0. The van der Waals surface area contributed by atoms with Gasteiger partial charge in [-0.2, -0.15) is 23.5 Å². The molecule has 0 saturated carbocycles. The molecule has 2 N–H and O–H groups in total. The molecule has 0 aromatic carbocycles. The first-order chi connectivity index (χ1) is 12.6. The Kier molecular flexibility index (Phi) is 18.3. The lowest BCUT2D eigenvalue weighted by Gasteiger charge is -2.14. The Morgan fingerprint density at radius 3 is 1.77 bits per heavy atom. The van der Waals surface area contributed by atoms with Crippen molar-refractivity contribution in [2.75, 3.05) is 36.6 Å². The second-order valence-corrected chi connectivity index (χ2v) is 8.95. The average molecular weight is 405 g/mol. The number of nitrogens with one attached hydrogen (secondary N) is 2. The topological polar surface area (TPSA) is 58.2 Å². The third kappa shape index (κ3) is 14.1. The zero-order valence-corrected chi connectivity index (χ0v) is 18.9. The first-order valence-corrected chi connectivity index (χ1v) is 12.5. The summed E-state index contributed by atoms with van der Waals surface area (Å²) in [6.07, 6.45) is 8.31. The second kappa shape index (κ2) is 18.3. The maximum absolute atomic E-state index is 11.7. The molecular formula is C20H40N2O2S2. The van der Waals surface area contributed by atoms with Crippen LogP contribution < -0.4 is 10.6 Å². The van der Waals surface area contributed by atoms with E-state index in [9.17, 15) is 9.59 Å². The van der Waals surface area contributed by atoms with Crippen LogP contribution in [-0.4, -0.2) is 60.3 Å². The lowest BCUT2D eigenvalue weighted by atomic mass is 10.1. The normalized spacial score (nSPS) is 13.5. The first-order valence-electron chi connectivity index (χ1n) is 10.2. The molecule has 0 aromatic rings. The van der Waals surface area contributed by atoms with Gasteiger partial charge in [-0.15, -0.1) is 0 Å². The fraction of sp³-hybridized carbons (Fsp3) is 0.900. The quantitative estimate of drug-likeness (QED) is 0.318. The van der Waals surface area contributed by atoms with Crippen LogP contribution >= 0.6 is 23.5 Å². The van der Waals surface area contributed by atoms with Gasteiger partial charge >= 0.3 is 0 Å². The van der Waals surface area contributed by atoms with E-state index in [-0.39, 0.29) is 17.9 Å². The molecule has 0 fully saturated rings. The van der Waals surface area contributed by atoms with Gasteiger partial charge in [0.05, 0.1) is 12.1 Å². The van der Waals surface area contributed by atoms with E-state index in [0.717, 1.165) is 29.6 Å². The molecule has 6 heteroatoms. The fourth-order valence-electron chi connectivity index (χ4n) is 2.67. The highest BCUT2D eigenvalue weighted by Gasteiger charge is 2.13. The Morgan fingerprint density at radius 2 is 1.35 bits per heavy atom. The van der Waals surface area contributed by atoms with Gasteiger partial charge in [0.1, 0.15) is 11.6 Å². The summed E-state index contributed by atoms with van der Waals surface area (Å²) in [6, 6.07) is 0.0512. The van der Waals surface area contributed by atoms with Crippen molar-refractivity contribution in [3.05, 3.63) is 0 Å². The van der Waals surface area contributed by atoms with Gasteiger partial charge in [-0.3, -0.25) is 9.59 Å². The minimum atomic E-state index is 0.0256. The standard InChI is InChI=1S/C20H40N2O2S2/c1-5-20(24)19(21-4)16-26-14-12-10-8-7-9-11-13-25-15-18(17(3)23)22-6-2/h18-19,21-22H,5-16H2,1-4H3. The number of carbonyl (C=O) groups is 2. The molecule has 0 aliphatic carbocycles. The lowest BCUT2D eigenvalue weighted by Crippen LogP contribution is -2.37. The van der Waals surface area contributed by atoms with E-state index in [1.54, 1.807) is 6.92 Å². The molecule has 0 rings (SSSR count). The highest BCUT2D eigenvalue weighted by atomic mass is 32.2. The van der Waals surface area contributed by atoms with Crippen LogP contribution in [0.25, 0.3) is 0 Å². The lowest BCUT2D eigenvalue weighted by molar-refractivity contribution is -0.120. The highest BCUT2D eigenvalue weighted by Crippen LogP contribution is 2.13. The largest absolute Gasteiger partial charge is 0.310 e. The fourth-order valence-corrected chi connectivity index (χ4v) is 4.99. The van der Waals surface area contributed by atoms with Crippen LogP contribution in [0.1, 0.15) is 65.7 Å². The Labute approximate surface area is 169 Å². The molecule has 0 heterocycles. The van der Waals surface area contributed by atoms with Crippen LogP contribution in [-0.2, 0) is 9.59 Å². The van der Waals surface area contributed by atoms with E-state index in [1.165, 1.54) is 38.5 Å². The minimum absolute atomic E-state index is 0.0256. The van der Waals surface area contributed by atoms with Crippen molar-refractivity contribution < 1.29 is 9.59 Å². The van der Waals surface area contributed by atoms with Crippen LogP contribution in [0.15, 0.2) is 0 Å². The summed E-state index contributed by atoms with van der Waals surface area (Å²) in [4.78, 5) is 23.1. The van der Waals surface area contributed by atoms with E-state index in [4.69, 9.17) is 0 Å². The summed E-state index contributed by atoms with van der Waals surface area (Å²) >= 11 is 3.79. The molecule has 0 aromatic heterocycles. The molecule has 154 valence electrons. The number of rotatable bonds is 19. The number of ketones is 2. The monoisotopic (exact) mass is 404 g/mol. The summed E-state index contributed by atoms with van der Waals surface area (Å²) in [5.74, 6) is 4.67. The van der Waals surface area contributed by atoms with Crippen molar-refractivity contribution in [3.8, 4) is 0 Å². The number of carbonyl (C=O) groups excluding carboxylic acids is 2. The third-order valence-corrected chi connectivity index (χ3v) is 6.72. The zero-order valence-electron chi connectivity index (χ0n) is 17.3. The van der Waals surface area contributed by atoms with Crippen molar-refractivity contribution in [2.24, 2.45) is 0 Å². The summed E-state index contributed by atoms with van der Waals surface area (Å²) in [6.45, 7) is 6.50. The molecule has 0 spiro atoms.